The molecule has 2 atom stereocenters. The third-order valence-corrected chi connectivity index (χ3v) is 6.23. The van der Waals surface area contributed by atoms with Gasteiger partial charge in [0.15, 0.2) is 0 Å². The molecule has 0 amide bonds. The highest BCUT2D eigenvalue weighted by molar-refractivity contribution is 5.42. The summed E-state index contributed by atoms with van der Waals surface area (Å²) in [5.41, 5.74) is 3.23. The SMILES string of the molecule is FC(F)(F)c1ccc(N2CC3CN(Cc4n[nH]c5c4CCC5)CC3C2)nc1. The second-order valence-electron chi connectivity index (χ2n) is 8.00. The number of rotatable bonds is 3. The molecule has 2 fully saturated rings. The van der Waals surface area contributed by atoms with E-state index in [1.54, 1.807) is 0 Å². The highest BCUT2D eigenvalue weighted by Gasteiger charge is 2.41. The maximum Gasteiger partial charge on any atom is 0.417 e. The van der Waals surface area contributed by atoms with Crippen molar-refractivity contribution < 1.29 is 13.2 Å². The minimum atomic E-state index is -4.33. The van der Waals surface area contributed by atoms with Crippen LogP contribution in [0.1, 0.15) is 28.9 Å². The van der Waals surface area contributed by atoms with Crippen molar-refractivity contribution >= 4 is 5.82 Å². The Bertz CT molecular complexity index is 815. The molecule has 2 aliphatic heterocycles. The molecule has 2 unspecified atom stereocenters. The molecular weight excluding hydrogens is 355 g/mol. The van der Waals surface area contributed by atoms with Crippen LogP contribution in [0.25, 0.3) is 0 Å². The number of pyridine rings is 1. The van der Waals surface area contributed by atoms with E-state index in [-0.39, 0.29) is 0 Å². The Morgan fingerprint density at radius 3 is 2.52 bits per heavy atom. The minimum absolute atomic E-state index is 0.543. The molecule has 0 radical (unpaired) electrons. The molecule has 4 heterocycles. The van der Waals surface area contributed by atoms with Gasteiger partial charge < -0.3 is 4.90 Å². The van der Waals surface area contributed by atoms with Gasteiger partial charge in [0.1, 0.15) is 5.82 Å². The van der Waals surface area contributed by atoms with Gasteiger partial charge in [-0.2, -0.15) is 18.3 Å². The first kappa shape index (κ1) is 17.0. The molecule has 1 N–H and O–H groups in total. The summed E-state index contributed by atoms with van der Waals surface area (Å²) < 4.78 is 38.1. The number of hydrogen-bond donors (Lipinski definition) is 1. The van der Waals surface area contributed by atoms with Gasteiger partial charge in [0, 0.05) is 44.6 Å². The smallest absolute Gasteiger partial charge is 0.356 e. The lowest BCUT2D eigenvalue weighted by Crippen LogP contribution is -2.29. The van der Waals surface area contributed by atoms with Crippen LogP contribution in [0.2, 0.25) is 0 Å². The largest absolute Gasteiger partial charge is 0.417 e. The Morgan fingerprint density at radius 2 is 1.85 bits per heavy atom. The average Bonchev–Trinajstić information content (AvgIpc) is 3.36. The van der Waals surface area contributed by atoms with Gasteiger partial charge in [-0.3, -0.25) is 10.00 Å². The number of anilines is 1. The van der Waals surface area contributed by atoms with Crippen LogP contribution in [0.5, 0.6) is 0 Å². The maximum atomic E-state index is 12.7. The van der Waals surface area contributed by atoms with E-state index in [4.69, 9.17) is 0 Å². The molecule has 0 aromatic carbocycles. The number of aryl methyl sites for hydroxylation is 1. The first-order valence-electron chi connectivity index (χ1n) is 9.53. The van der Waals surface area contributed by atoms with Crippen LogP contribution in [-0.2, 0) is 25.6 Å². The highest BCUT2D eigenvalue weighted by Crippen LogP contribution is 2.35. The quantitative estimate of drug-likeness (QED) is 0.894. The second-order valence-corrected chi connectivity index (χ2v) is 8.00. The summed E-state index contributed by atoms with van der Waals surface area (Å²) in [6, 6.07) is 2.62. The fraction of sp³-hybridized carbons (Fsp3) is 0.579. The predicted octanol–water partition coefficient (Wildman–Crippen LogP) is 2.88. The minimum Gasteiger partial charge on any atom is -0.356 e. The number of aromatic amines is 1. The average molecular weight is 377 g/mol. The molecule has 0 bridgehead atoms. The number of fused-ring (bicyclic) bond motifs is 2. The zero-order chi connectivity index (χ0) is 18.6. The molecule has 2 aromatic rings. The fourth-order valence-corrected chi connectivity index (χ4v) is 4.88. The molecule has 27 heavy (non-hydrogen) atoms. The number of likely N-dealkylation sites (tertiary alicyclic amines) is 1. The van der Waals surface area contributed by atoms with E-state index in [9.17, 15) is 13.2 Å². The standard InChI is InChI=1S/C19H22F3N5/c20-19(21,22)14-4-5-18(23-6-14)27-9-12-7-26(8-13(12)10-27)11-17-15-2-1-3-16(15)24-25-17/h4-6,12-13H,1-3,7-11H2,(H,24,25). The summed E-state index contributed by atoms with van der Waals surface area (Å²) in [5.74, 6) is 1.73. The van der Waals surface area contributed by atoms with Crippen LogP contribution in [0, 0.1) is 11.8 Å². The first-order valence-corrected chi connectivity index (χ1v) is 9.53. The molecule has 0 saturated carbocycles. The van der Waals surface area contributed by atoms with Crippen molar-refractivity contribution in [3.05, 3.63) is 40.8 Å². The zero-order valence-corrected chi connectivity index (χ0v) is 15.0. The zero-order valence-electron chi connectivity index (χ0n) is 15.0. The maximum absolute atomic E-state index is 12.7. The lowest BCUT2D eigenvalue weighted by Gasteiger charge is -2.22. The number of nitrogens with one attached hydrogen (secondary N) is 1. The van der Waals surface area contributed by atoms with Gasteiger partial charge in [-0.15, -0.1) is 0 Å². The van der Waals surface area contributed by atoms with Crippen molar-refractivity contribution in [2.75, 3.05) is 31.1 Å². The van der Waals surface area contributed by atoms with Crippen molar-refractivity contribution in [1.29, 1.82) is 0 Å². The van der Waals surface area contributed by atoms with E-state index in [0.717, 1.165) is 57.8 Å². The number of aromatic nitrogens is 3. The Labute approximate surface area is 155 Å². The molecule has 1 aliphatic carbocycles. The third kappa shape index (κ3) is 3.09. The third-order valence-electron chi connectivity index (χ3n) is 6.23. The lowest BCUT2D eigenvalue weighted by molar-refractivity contribution is -0.137. The van der Waals surface area contributed by atoms with Crippen LogP contribution in [0.15, 0.2) is 18.3 Å². The number of halogens is 3. The van der Waals surface area contributed by atoms with Gasteiger partial charge in [-0.05, 0) is 48.8 Å². The van der Waals surface area contributed by atoms with E-state index < -0.39 is 11.7 Å². The van der Waals surface area contributed by atoms with Gasteiger partial charge in [-0.1, -0.05) is 0 Å². The molecule has 3 aliphatic rings. The van der Waals surface area contributed by atoms with Crippen molar-refractivity contribution in [3.8, 4) is 0 Å². The first-order chi connectivity index (χ1) is 13.0. The van der Waals surface area contributed by atoms with E-state index in [2.05, 4.69) is 25.0 Å². The van der Waals surface area contributed by atoms with E-state index in [1.165, 1.54) is 29.4 Å². The van der Waals surface area contributed by atoms with Gasteiger partial charge in [-0.25, -0.2) is 4.98 Å². The Morgan fingerprint density at radius 1 is 1.07 bits per heavy atom. The Kier molecular flexibility index (Phi) is 3.93. The van der Waals surface area contributed by atoms with E-state index >= 15 is 0 Å². The van der Waals surface area contributed by atoms with E-state index in [0.29, 0.717) is 17.7 Å². The van der Waals surface area contributed by atoms with Crippen molar-refractivity contribution in [3.63, 3.8) is 0 Å². The number of H-pyrrole nitrogens is 1. The van der Waals surface area contributed by atoms with Gasteiger partial charge >= 0.3 is 6.18 Å². The van der Waals surface area contributed by atoms with Gasteiger partial charge in [0.25, 0.3) is 0 Å². The topological polar surface area (TPSA) is 48.0 Å². The predicted molar refractivity (Wildman–Crippen MR) is 94.3 cm³/mol. The molecule has 8 heteroatoms. The Balaban J connectivity index is 1.21. The summed E-state index contributed by atoms with van der Waals surface area (Å²) in [5, 5.41) is 7.69. The lowest BCUT2D eigenvalue weighted by atomic mass is 10.0. The number of alkyl halides is 3. The molecule has 2 saturated heterocycles. The van der Waals surface area contributed by atoms with Gasteiger partial charge in [0.2, 0.25) is 0 Å². The molecule has 144 valence electrons. The monoisotopic (exact) mass is 377 g/mol. The van der Waals surface area contributed by atoms with Crippen LogP contribution >= 0.6 is 0 Å². The van der Waals surface area contributed by atoms with Crippen LogP contribution in [0.4, 0.5) is 19.0 Å². The molecule has 0 spiro atoms. The molecular formula is C19H22F3N5. The van der Waals surface area contributed by atoms with E-state index in [1.807, 2.05) is 0 Å². The summed E-state index contributed by atoms with van der Waals surface area (Å²) in [6.45, 7) is 4.65. The van der Waals surface area contributed by atoms with Crippen LogP contribution in [0.3, 0.4) is 0 Å². The second kappa shape index (κ2) is 6.22. The number of nitrogens with zero attached hydrogens (tertiary/aromatic N) is 4. The van der Waals surface area contributed by atoms with Crippen LogP contribution in [-0.4, -0.2) is 46.3 Å². The normalized spacial score (nSPS) is 25.2. The van der Waals surface area contributed by atoms with Crippen LogP contribution < -0.4 is 4.90 Å². The Hall–Kier alpha value is -2.09. The molecule has 2 aromatic heterocycles. The van der Waals surface area contributed by atoms with Crippen molar-refractivity contribution in [2.45, 2.75) is 32.0 Å². The van der Waals surface area contributed by atoms with Crippen molar-refractivity contribution in [1.82, 2.24) is 20.1 Å². The fourth-order valence-electron chi connectivity index (χ4n) is 4.88. The summed E-state index contributed by atoms with van der Waals surface area (Å²) in [4.78, 5) is 8.65. The summed E-state index contributed by atoms with van der Waals surface area (Å²) in [6.07, 6.45) is 0.0722. The van der Waals surface area contributed by atoms with Crippen molar-refractivity contribution in [2.24, 2.45) is 11.8 Å². The summed E-state index contributed by atoms with van der Waals surface area (Å²) >= 11 is 0. The molecule has 5 rings (SSSR count). The highest BCUT2D eigenvalue weighted by atomic mass is 19.4. The van der Waals surface area contributed by atoms with Gasteiger partial charge in [0.05, 0.1) is 11.3 Å². The molecule has 5 nitrogen and oxygen atoms in total. The summed E-state index contributed by atoms with van der Waals surface area (Å²) in [7, 11) is 0. The number of hydrogen-bond acceptors (Lipinski definition) is 4.